The van der Waals surface area contributed by atoms with Gasteiger partial charge < -0.3 is 20.1 Å². The standard InChI is InChI=1S/C33H32FN7O2S/c1-21-17-36-13-14-40(21)29-10-9-25(16-28(29)34)38-33-37-19-23-15-27(22-7-8-22)32(42)41(31(23)39-33)20-24-18-35-12-11-30(24)44(43)26-5-3-2-4-6-26/h2-6,9-12,15-16,18-19,21-22,36H,7-8,13-14,17,20H2,1H3,(H,37,38,39). The fourth-order valence-electron chi connectivity index (χ4n) is 5.78. The van der Waals surface area contributed by atoms with Crippen molar-refractivity contribution in [2.24, 2.45) is 0 Å². The summed E-state index contributed by atoms with van der Waals surface area (Å²) in [6.07, 6.45) is 6.88. The van der Waals surface area contributed by atoms with Crippen LogP contribution in [0.15, 0.2) is 93.8 Å². The number of aromatic nitrogens is 4. The molecule has 7 rings (SSSR count). The van der Waals surface area contributed by atoms with Gasteiger partial charge in [-0.2, -0.15) is 4.98 Å². The Hall–Kier alpha value is -4.32. The summed E-state index contributed by atoms with van der Waals surface area (Å²) in [6, 6.07) is 18.0. The van der Waals surface area contributed by atoms with Crippen molar-refractivity contribution in [3.63, 3.8) is 0 Å². The van der Waals surface area contributed by atoms with Gasteiger partial charge in [0.15, 0.2) is 9.79 Å². The zero-order valence-corrected chi connectivity index (χ0v) is 25.1. The molecule has 1 saturated heterocycles. The number of pyridine rings is 2. The van der Waals surface area contributed by atoms with Gasteiger partial charge in [-0.1, -0.05) is 18.2 Å². The van der Waals surface area contributed by atoms with E-state index >= 15 is 4.39 Å². The highest BCUT2D eigenvalue weighted by atomic mass is 32.2. The molecule has 2 fully saturated rings. The molecule has 2 aliphatic rings. The Balaban J connectivity index is 1.24. The van der Waals surface area contributed by atoms with E-state index in [1.165, 1.54) is 6.07 Å². The Kier molecular flexibility index (Phi) is 7.75. The largest absolute Gasteiger partial charge is 0.606 e. The number of rotatable bonds is 8. The Morgan fingerprint density at radius 1 is 1.11 bits per heavy atom. The van der Waals surface area contributed by atoms with Crippen LogP contribution in [-0.2, 0) is 17.7 Å². The monoisotopic (exact) mass is 609 g/mol. The van der Waals surface area contributed by atoms with Crippen LogP contribution in [0.2, 0.25) is 0 Å². The van der Waals surface area contributed by atoms with E-state index < -0.39 is 11.2 Å². The predicted molar refractivity (Wildman–Crippen MR) is 170 cm³/mol. The molecule has 0 bridgehead atoms. The minimum atomic E-state index is -1.46. The molecule has 2 atom stereocenters. The molecule has 1 aliphatic carbocycles. The van der Waals surface area contributed by atoms with Gasteiger partial charge in [-0.25, -0.2) is 9.37 Å². The summed E-state index contributed by atoms with van der Waals surface area (Å²) in [5, 5.41) is 7.17. The van der Waals surface area contributed by atoms with E-state index in [9.17, 15) is 9.35 Å². The zero-order chi connectivity index (χ0) is 30.2. The van der Waals surface area contributed by atoms with Crippen molar-refractivity contribution in [2.45, 2.75) is 48.1 Å². The third-order valence-corrected chi connectivity index (χ3v) is 9.73. The highest BCUT2D eigenvalue weighted by molar-refractivity contribution is 7.91. The molecule has 5 aromatic rings. The second-order valence-electron chi connectivity index (χ2n) is 11.3. The van der Waals surface area contributed by atoms with Gasteiger partial charge in [-0.15, -0.1) is 0 Å². The summed E-state index contributed by atoms with van der Waals surface area (Å²) in [5.41, 5.74) is 2.76. The van der Waals surface area contributed by atoms with Crippen molar-refractivity contribution in [2.75, 3.05) is 29.9 Å². The van der Waals surface area contributed by atoms with Crippen molar-refractivity contribution < 1.29 is 8.94 Å². The zero-order valence-electron chi connectivity index (χ0n) is 24.2. The Labute approximate surface area is 257 Å². The van der Waals surface area contributed by atoms with Crippen LogP contribution in [0.4, 0.5) is 21.7 Å². The van der Waals surface area contributed by atoms with E-state index in [-0.39, 0.29) is 35.8 Å². The molecule has 224 valence electrons. The lowest BCUT2D eigenvalue weighted by Crippen LogP contribution is -2.50. The molecule has 44 heavy (non-hydrogen) atoms. The number of anilines is 3. The number of hydrogen-bond donors (Lipinski definition) is 2. The number of hydrogen-bond acceptors (Lipinski definition) is 8. The van der Waals surface area contributed by atoms with Gasteiger partial charge in [0.05, 0.1) is 12.2 Å². The molecule has 4 heterocycles. The number of halogens is 1. The van der Waals surface area contributed by atoms with Gasteiger partial charge in [0.25, 0.3) is 5.56 Å². The van der Waals surface area contributed by atoms with Gasteiger partial charge in [0, 0.05) is 83.7 Å². The van der Waals surface area contributed by atoms with Gasteiger partial charge in [0.1, 0.15) is 11.5 Å². The molecule has 9 nitrogen and oxygen atoms in total. The topological polar surface area (TPSA) is 111 Å². The van der Waals surface area contributed by atoms with Crippen molar-refractivity contribution in [3.05, 3.63) is 107 Å². The molecule has 11 heteroatoms. The average Bonchev–Trinajstić information content (AvgIpc) is 3.89. The molecule has 3 aromatic heterocycles. The molecule has 0 amide bonds. The van der Waals surface area contributed by atoms with Crippen LogP contribution in [0.3, 0.4) is 0 Å². The summed E-state index contributed by atoms with van der Waals surface area (Å²) in [7, 11) is 0. The molecule has 2 unspecified atom stereocenters. The van der Waals surface area contributed by atoms with E-state index in [4.69, 9.17) is 4.98 Å². The molecule has 0 radical (unpaired) electrons. The molecule has 0 spiro atoms. The molecule has 2 N–H and O–H groups in total. The number of nitrogens with one attached hydrogen (secondary N) is 2. The third-order valence-electron chi connectivity index (χ3n) is 8.23. The van der Waals surface area contributed by atoms with Crippen LogP contribution in [0, 0.1) is 5.82 Å². The Bertz CT molecular complexity index is 1880. The maximum absolute atomic E-state index is 15.3. The maximum Gasteiger partial charge on any atom is 0.256 e. The maximum atomic E-state index is 15.3. The molecule has 1 saturated carbocycles. The van der Waals surface area contributed by atoms with Crippen LogP contribution in [0.5, 0.6) is 0 Å². The van der Waals surface area contributed by atoms with E-state index in [0.717, 1.165) is 43.4 Å². The van der Waals surface area contributed by atoms with E-state index in [1.807, 2.05) is 42.5 Å². The van der Waals surface area contributed by atoms with Crippen LogP contribution < -0.4 is 21.1 Å². The van der Waals surface area contributed by atoms with Crippen LogP contribution >= 0.6 is 0 Å². The first-order chi connectivity index (χ1) is 21.5. The fraction of sp³-hybridized carbons (Fsp3) is 0.273. The lowest BCUT2D eigenvalue weighted by molar-refractivity contribution is 0.491. The molecule has 1 aliphatic heterocycles. The SMILES string of the molecule is CC1CNCCN1c1ccc(Nc2ncc3cc(C4CC4)c(=O)n(Cc4cnccc4[S+]([O-])c4ccccc4)c3n2)cc1F. The number of benzene rings is 2. The van der Waals surface area contributed by atoms with Crippen molar-refractivity contribution >= 4 is 39.5 Å². The van der Waals surface area contributed by atoms with Gasteiger partial charge >= 0.3 is 0 Å². The van der Waals surface area contributed by atoms with Crippen molar-refractivity contribution in [3.8, 4) is 0 Å². The lowest BCUT2D eigenvalue weighted by atomic mass is 10.1. The smallest absolute Gasteiger partial charge is 0.256 e. The predicted octanol–water partition coefficient (Wildman–Crippen LogP) is 4.96. The first-order valence-electron chi connectivity index (χ1n) is 14.8. The van der Waals surface area contributed by atoms with E-state index in [0.29, 0.717) is 32.4 Å². The van der Waals surface area contributed by atoms with E-state index in [1.54, 1.807) is 35.3 Å². The summed E-state index contributed by atoms with van der Waals surface area (Å²) < 4.78 is 30.4. The van der Waals surface area contributed by atoms with E-state index in [2.05, 4.69) is 32.4 Å². The van der Waals surface area contributed by atoms with Gasteiger partial charge in [0.2, 0.25) is 5.95 Å². The van der Waals surface area contributed by atoms with Crippen LogP contribution in [0.1, 0.15) is 36.8 Å². The fourth-order valence-corrected chi connectivity index (χ4v) is 6.97. The quantitative estimate of drug-likeness (QED) is 0.238. The average molecular weight is 610 g/mol. The molecular formula is C33H32FN7O2S. The highest BCUT2D eigenvalue weighted by Gasteiger charge is 2.29. The third kappa shape index (κ3) is 5.66. The minimum absolute atomic E-state index is 0.134. The van der Waals surface area contributed by atoms with Gasteiger partial charge in [-0.3, -0.25) is 14.3 Å². The Morgan fingerprint density at radius 2 is 1.95 bits per heavy atom. The summed E-state index contributed by atoms with van der Waals surface area (Å²) in [4.78, 5) is 30.7. The summed E-state index contributed by atoms with van der Waals surface area (Å²) in [6.45, 7) is 4.55. The highest BCUT2D eigenvalue weighted by Crippen LogP contribution is 2.39. The summed E-state index contributed by atoms with van der Waals surface area (Å²) >= 11 is -1.46. The van der Waals surface area contributed by atoms with Crippen LogP contribution in [-0.4, -0.2) is 49.7 Å². The number of fused-ring (bicyclic) bond motifs is 1. The lowest BCUT2D eigenvalue weighted by Gasteiger charge is -2.36. The first kappa shape index (κ1) is 28.5. The van der Waals surface area contributed by atoms with Crippen LogP contribution in [0.25, 0.3) is 11.0 Å². The minimum Gasteiger partial charge on any atom is -0.606 e. The molecular weight excluding hydrogens is 577 g/mol. The van der Waals surface area contributed by atoms with Crippen molar-refractivity contribution in [1.29, 1.82) is 0 Å². The Morgan fingerprint density at radius 3 is 2.73 bits per heavy atom. The second kappa shape index (κ2) is 12.0. The summed E-state index contributed by atoms with van der Waals surface area (Å²) in [5.74, 6) is 0.125. The normalized spacial score (nSPS) is 17.5. The second-order valence-corrected chi connectivity index (χ2v) is 12.8. The van der Waals surface area contributed by atoms with Gasteiger partial charge in [-0.05, 0) is 62.1 Å². The first-order valence-corrected chi connectivity index (χ1v) is 16.0. The molecule has 2 aromatic carbocycles. The van der Waals surface area contributed by atoms with Crippen molar-refractivity contribution in [1.82, 2.24) is 24.8 Å². The number of piperazine rings is 1. The number of nitrogens with zero attached hydrogens (tertiary/aromatic N) is 5.